The Balaban J connectivity index is 0.00000208. The van der Waals surface area contributed by atoms with Gasteiger partial charge in [0.2, 0.25) is 5.82 Å². The molecule has 1 aromatic carbocycles. The monoisotopic (exact) mass is 389 g/mol. The van der Waals surface area contributed by atoms with Gasteiger partial charge in [0, 0.05) is 12.6 Å². The Morgan fingerprint density at radius 1 is 1.38 bits per heavy atom. The second-order valence-corrected chi connectivity index (χ2v) is 6.30. The molecular formula is C15H18Cl3N5O. The lowest BCUT2D eigenvalue weighted by molar-refractivity contribution is 0.0920. The molecule has 9 heteroatoms. The minimum atomic E-state index is -0.288. The number of rotatable bonds is 3. The molecular weight excluding hydrogens is 373 g/mol. The molecule has 3 rings (SSSR count). The molecule has 0 aliphatic carbocycles. The summed E-state index contributed by atoms with van der Waals surface area (Å²) in [6.45, 7) is 3.51. The van der Waals surface area contributed by atoms with Crippen LogP contribution in [-0.2, 0) is 0 Å². The number of aromatic nitrogens is 3. The molecule has 1 atom stereocenters. The molecule has 24 heavy (non-hydrogen) atoms. The summed E-state index contributed by atoms with van der Waals surface area (Å²) in [6, 6.07) is 5.30. The van der Waals surface area contributed by atoms with E-state index in [1.165, 1.54) is 4.68 Å². The summed E-state index contributed by atoms with van der Waals surface area (Å²) < 4.78 is 1.50. The van der Waals surface area contributed by atoms with Crippen molar-refractivity contribution in [2.75, 3.05) is 13.1 Å². The van der Waals surface area contributed by atoms with Crippen molar-refractivity contribution in [1.29, 1.82) is 0 Å². The first-order chi connectivity index (χ1) is 11.1. The van der Waals surface area contributed by atoms with Crippen LogP contribution in [0.5, 0.6) is 0 Å². The lowest BCUT2D eigenvalue weighted by atomic mass is 10.1. The van der Waals surface area contributed by atoms with E-state index in [0.717, 1.165) is 25.9 Å². The number of hydrogen-bond acceptors (Lipinski definition) is 4. The summed E-state index contributed by atoms with van der Waals surface area (Å²) in [6.07, 6.45) is 2.00. The summed E-state index contributed by atoms with van der Waals surface area (Å²) in [5.74, 6) is 0.375. The van der Waals surface area contributed by atoms with E-state index in [9.17, 15) is 4.79 Å². The van der Waals surface area contributed by atoms with Crippen LogP contribution in [0.25, 0.3) is 5.69 Å². The molecule has 6 nitrogen and oxygen atoms in total. The predicted molar refractivity (Wildman–Crippen MR) is 96.7 cm³/mol. The molecule has 0 bridgehead atoms. The van der Waals surface area contributed by atoms with Crippen molar-refractivity contribution < 1.29 is 4.79 Å². The Hall–Kier alpha value is -1.34. The van der Waals surface area contributed by atoms with Crippen LogP contribution < -0.4 is 10.6 Å². The first-order valence-electron chi connectivity index (χ1n) is 7.46. The maximum absolute atomic E-state index is 12.3. The molecule has 1 aromatic heterocycles. The molecule has 0 unspecified atom stereocenters. The maximum Gasteiger partial charge on any atom is 0.291 e. The van der Waals surface area contributed by atoms with Gasteiger partial charge in [0.1, 0.15) is 11.5 Å². The highest BCUT2D eigenvalue weighted by Gasteiger charge is 2.21. The molecule has 2 N–H and O–H groups in total. The van der Waals surface area contributed by atoms with Crippen molar-refractivity contribution in [2.24, 2.45) is 0 Å². The Morgan fingerprint density at radius 2 is 2.08 bits per heavy atom. The fraction of sp³-hybridized carbons (Fsp3) is 0.400. The molecule has 1 saturated heterocycles. The van der Waals surface area contributed by atoms with E-state index >= 15 is 0 Å². The molecule has 130 valence electrons. The van der Waals surface area contributed by atoms with Crippen molar-refractivity contribution in [1.82, 2.24) is 25.4 Å². The lowest BCUT2D eigenvalue weighted by Crippen LogP contribution is -2.45. The van der Waals surface area contributed by atoms with E-state index in [2.05, 4.69) is 20.7 Å². The Bertz CT molecular complexity index is 708. The largest absolute Gasteiger partial charge is 0.345 e. The molecule has 1 amide bonds. The normalized spacial score (nSPS) is 17.2. The van der Waals surface area contributed by atoms with Crippen LogP contribution in [0.15, 0.2) is 18.2 Å². The van der Waals surface area contributed by atoms with Crippen molar-refractivity contribution in [3.05, 3.63) is 39.9 Å². The van der Waals surface area contributed by atoms with Crippen molar-refractivity contribution in [3.8, 4) is 5.69 Å². The molecule has 2 aromatic rings. The first kappa shape index (κ1) is 19.0. The fourth-order valence-corrected chi connectivity index (χ4v) is 3.17. The van der Waals surface area contributed by atoms with Gasteiger partial charge in [0.25, 0.3) is 5.91 Å². The van der Waals surface area contributed by atoms with Crippen LogP contribution >= 0.6 is 35.6 Å². The summed E-state index contributed by atoms with van der Waals surface area (Å²) in [5.41, 5.74) is 0.527. The second kappa shape index (κ2) is 8.16. The standard InChI is InChI=1S/C15H17Cl2N5O.ClH/c1-9-19-14(15(23)20-10-4-3-7-18-8-10)21-22(9)13-11(16)5-2-6-12(13)17;/h2,5-6,10,18H,3-4,7-8H2,1H3,(H,20,23);1H/t10-;/m0./s1. The maximum atomic E-state index is 12.3. The summed E-state index contributed by atoms with van der Waals surface area (Å²) in [5, 5.41) is 11.4. The zero-order valence-corrected chi connectivity index (χ0v) is 15.4. The van der Waals surface area contributed by atoms with Gasteiger partial charge in [-0.05, 0) is 38.4 Å². The third kappa shape index (κ3) is 4.00. The van der Waals surface area contributed by atoms with Gasteiger partial charge in [-0.15, -0.1) is 17.5 Å². The Labute approximate surface area is 156 Å². The van der Waals surface area contributed by atoms with Crippen LogP contribution in [0.2, 0.25) is 10.0 Å². The number of hydrogen-bond donors (Lipinski definition) is 2. The highest BCUT2D eigenvalue weighted by Crippen LogP contribution is 2.28. The van der Waals surface area contributed by atoms with Crippen molar-refractivity contribution >= 4 is 41.5 Å². The van der Waals surface area contributed by atoms with Gasteiger partial charge in [-0.25, -0.2) is 9.67 Å². The Kier molecular flexibility index (Phi) is 6.46. The lowest BCUT2D eigenvalue weighted by Gasteiger charge is -2.23. The van der Waals surface area contributed by atoms with Crippen LogP contribution in [0.3, 0.4) is 0 Å². The fourth-order valence-electron chi connectivity index (χ4n) is 2.61. The second-order valence-electron chi connectivity index (χ2n) is 5.48. The van der Waals surface area contributed by atoms with E-state index in [-0.39, 0.29) is 30.2 Å². The van der Waals surface area contributed by atoms with Crippen molar-refractivity contribution in [3.63, 3.8) is 0 Å². The van der Waals surface area contributed by atoms with E-state index in [1.807, 2.05) is 0 Å². The molecule has 1 aliphatic rings. The summed E-state index contributed by atoms with van der Waals surface area (Å²) in [7, 11) is 0. The van der Waals surface area contributed by atoms with E-state index < -0.39 is 0 Å². The SMILES string of the molecule is Cc1nc(C(=O)N[C@H]2CCCNC2)nn1-c1c(Cl)cccc1Cl.Cl. The average Bonchev–Trinajstić information content (AvgIpc) is 2.90. The zero-order chi connectivity index (χ0) is 16.4. The van der Waals surface area contributed by atoms with E-state index in [1.54, 1.807) is 25.1 Å². The molecule has 1 aliphatic heterocycles. The third-order valence-electron chi connectivity index (χ3n) is 3.75. The summed E-state index contributed by atoms with van der Waals surface area (Å²) in [4.78, 5) is 16.6. The van der Waals surface area contributed by atoms with Crippen LogP contribution in [0.1, 0.15) is 29.3 Å². The number of para-hydroxylation sites is 1. The predicted octanol–water partition coefficient (Wildman–Crippen LogP) is 2.79. The smallest absolute Gasteiger partial charge is 0.291 e. The topological polar surface area (TPSA) is 71.8 Å². The minimum Gasteiger partial charge on any atom is -0.345 e. The molecule has 0 radical (unpaired) electrons. The number of carbonyl (C=O) groups is 1. The average molecular weight is 391 g/mol. The van der Waals surface area contributed by atoms with Gasteiger partial charge < -0.3 is 10.6 Å². The van der Waals surface area contributed by atoms with Gasteiger partial charge >= 0.3 is 0 Å². The minimum absolute atomic E-state index is 0. The molecule has 0 saturated carbocycles. The number of aryl methyl sites for hydroxylation is 1. The van der Waals surface area contributed by atoms with Gasteiger partial charge in [-0.3, -0.25) is 4.79 Å². The van der Waals surface area contributed by atoms with E-state index in [0.29, 0.717) is 21.6 Å². The highest BCUT2D eigenvalue weighted by atomic mass is 35.5. The number of nitrogens with one attached hydrogen (secondary N) is 2. The third-order valence-corrected chi connectivity index (χ3v) is 4.36. The van der Waals surface area contributed by atoms with Gasteiger partial charge in [0.05, 0.1) is 10.0 Å². The number of carbonyl (C=O) groups excluding carboxylic acids is 1. The highest BCUT2D eigenvalue weighted by molar-refractivity contribution is 6.37. The number of piperidine rings is 1. The van der Waals surface area contributed by atoms with Gasteiger partial charge in [-0.2, -0.15) is 0 Å². The zero-order valence-electron chi connectivity index (χ0n) is 13.1. The van der Waals surface area contributed by atoms with Crippen molar-refractivity contribution in [2.45, 2.75) is 25.8 Å². The number of nitrogens with zero attached hydrogens (tertiary/aromatic N) is 3. The quantitative estimate of drug-likeness (QED) is 0.845. The van der Waals surface area contributed by atoms with Crippen LogP contribution in [-0.4, -0.2) is 39.8 Å². The molecule has 2 heterocycles. The number of amides is 1. The van der Waals surface area contributed by atoms with Gasteiger partial charge in [-0.1, -0.05) is 29.3 Å². The van der Waals surface area contributed by atoms with E-state index in [4.69, 9.17) is 23.2 Å². The number of halogens is 3. The van der Waals surface area contributed by atoms with Gasteiger partial charge in [0.15, 0.2) is 0 Å². The van der Waals surface area contributed by atoms with Crippen LogP contribution in [0, 0.1) is 6.92 Å². The number of benzene rings is 1. The summed E-state index contributed by atoms with van der Waals surface area (Å²) >= 11 is 12.4. The first-order valence-corrected chi connectivity index (χ1v) is 8.21. The molecule has 0 spiro atoms. The van der Waals surface area contributed by atoms with Crippen LogP contribution in [0.4, 0.5) is 0 Å². The molecule has 1 fully saturated rings. The Morgan fingerprint density at radius 3 is 2.71 bits per heavy atom.